The number of rotatable bonds is 4. The van der Waals surface area contributed by atoms with Crippen LogP contribution in [0.4, 0.5) is 0 Å². The lowest BCUT2D eigenvalue weighted by Crippen LogP contribution is -2.22. The van der Waals surface area contributed by atoms with Gasteiger partial charge in [-0.25, -0.2) is 0 Å². The lowest BCUT2D eigenvalue weighted by atomic mass is 10.2. The molecule has 0 atom stereocenters. The fourth-order valence-corrected chi connectivity index (χ4v) is 2.03. The molecule has 0 saturated heterocycles. The van der Waals surface area contributed by atoms with E-state index in [4.69, 9.17) is 0 Å². The van der Waals surface area contributed by atoms with Crippen LogP contribution in [0, 0.1) is 0 Å². The van der Waals surface area contributed by atoms with Crippen molar-refractivity contribution in [2.24, 2.45) is 0 Å². The molecule has 2 aromatic heterocycles. The molecule has 17 heavy (non-hydrogen) atoms. The highest BCUT2D eigenvalue weighted by Crippen LogP contribution is 2.15. The smallest absolute Gasteiger partial charge is 0.252 e. The molecule has 0 aliphatic heterocycles. The number of aromatic nitrogens is 1. The highest BCUT2D eigenvalue weighted by atomic mass is 32.1. The fourth-order valence-electron chi connectivity index (χ4n) is 1.24. The molecule has 0 unspecified atom stereocenters. The van der Waals surface area contributed by atoms with E-state index in [1.807, 2.05) is 0 Å². The van der Waals surface area contributed by atoms with Crippen molar-refractivity contribution in [1.29, 1.82) is 0 Å². The Morgan fingerprint density at radius 1 is 1.53 bits per heavy atom. The second kappa shape index (κ2) is 4.92. The summed E-state index contributed by atoms with van der Waals surface area (Å²) in [5.41, 5.74) is 1.14. The summed E-state index contributed by atoms with van der Waals surface area (Å²) in [7, 11) is 0. The minimum atomic E-state index is -0.225. The standard InChI is InChI=1S/C11H10N2O3S/c1-7(14)10-4-8(6-17-10)11(15)12-5-9-2-3-16-13-9/h2-4,6H,5H2,1H3,(H,12,15). The molecule has 1 N–H and O–H groups in total. The molecule has 0 aliphatic carbocycles. The van der Waals surface area contributed by atoms with Crippen molar-refractivity contribution < 1.29 is 14.1 Å². The number of ketones is 1. The Hall–Kier alpha value is -1.95. The summed E-state index contributed by atoms with van der Waals surface area (Å²) in [5.74, 6) is -0.262. The van der Waals surface area contributed by atoms with E-state index in [0.717, 1.165) is 0 Å². The summed E-state index contributed by atoms with van der Waals surface area (Å²) in [6, 6.07) is 3.26. The van der Waals surface area contributed by atoms with Gasteiger partial charge in [-0.1, -0.05) is 5.16 Å². The quantitative estimate of drug-likeness (QED) is 0.841. The first kappa shape index (κ1) is 11.5. The number of nitrogens with zero attached hydrogens (tertiary/aromatic N) is 1. The van der Waals surface area contributed by atoms with Gasteiger partial charge in [0, 0.05) is 11.4 Å². The van der Waals surface area contributed by atoms with E-state index in [1.165, 1.54) is 24.5 Å². The van der Waals surface area contributed by atoms with Crippen molar-refractivity contribution in [2.45, 2.75) is 13.5 Å². The molecule has 6 heteroatoms. The van der Waals surface area contributed by atoms with E-state index in [-0.39, 0.29) is 11.7 Å². The van der Waals surface area contributed by atoms with Gasteiger partial charge in [0.2, 0.25) is 0 Å². The van der Waals surface area contributed by atoms with Crippen LogP contribution in [0.25, 0.3) is 0 Å². The van der Waals surface area contributed by atoms with Gasteiger partial charge in [0.25, 0.3) is 5.91 Å². The number of carbonyl (C=O) groups excluding carboxylic acids is 2. The van der Waals surface area contributed by atoms with E-state index in [9.17, 15) is 9.59 Å². The Balaban J connectivity index is 1.97. The Kier molecular flexibility index (Phi) is 3.34. The number of nitrogens with one attached hydrogen (secondary N) is 1. The molecular weight excluding hydrogens is 240 g/mol. The van der Waals surface area contributed by atoms with Crippen molar-refractivity contribution in [2.75, 3.05) is 0 Å². The van der Waals surface area contributed by atoms with Gasteiger partial charge in [0.05, 0.1) is 17.0 Å². The van der Waals surface area contributed by atoms with Crippen LogP contribution in [-0.2, 0) is 6.54 Å². The van der Waals surface area contributed by atoms with Crippen LogP contribution in [0.1, 0.15) is 32.6 Å². The average molecular weight is 250 g/mol. The molecule has 2 rings (SSSR count). The van der Waals surface area contributed by atoms with Gasteiger partial charge in [0.15, 0.2) is 5.78 Å². The van der Waals surface area contributed by atoms with Gasteiger partial charge < -0.3 is 9.84 Å². The maximum absolute atomic E-state index is 11.7. The maximum Gasteiger partial charge on any atom is 0.252 e. The number of Topliss-reactive ketones (excluding diaryl/α,β-unsaturated/α-hetero) is 1. The minimum absolute atomic E-state index is 0.0365. The molecule has 0 bridgehead atoms. The van der Waals surface area contributed by atoms with Crippen LogP contribution in [-0.4, -0.2) is 16.8 Å². The molecule has 0 aliphatic rings. The molecule has 0 saturated carbocycles. The molecular formula is C11H10N2O3S. The van der Waals surface area contributed by atoms with Gasteiger partial charge in [-0.3, -0.25) is 9.59 Å². The van der Waals surface area contributed by atoms with Gasteiger partial charge >= 0.3 is 0 Å². The Labute approximate surface area is 101 Å². The van der Waals surface area contributed by atoms with Crippen LogP contribution < -0.4 is 5.32 Å². The predicted octanol–water partition coefficient (Wildman–Crippen LogP) is 1.87. The summed E-state index contributed by atoms with van der Waals surface area (Å²) in [6.07, 6.45) is 1.44. The largest absolute Gasteiger partial charge is 0.364 e. The topological polar surface area (TPSA) is 72.2 Å². The first-order valence-electron chi connectivity index (χ1n) is 4.94. The Morgan fingerprint density at radius 3 is 2.94 bits per heavy atom. The normalized spacial score (nSPS) is 10.2. The molecule has 2 aromatic rings. The van der Waals surface area contributed by atoms with E-state index in [1.54, 1.807) is 17.5 Å². The second-order valence-electron chi connectivity index (χ2n) is 3.43. The molecule has 5 nitrogen and oxygen atoms in total. The number of hydrogen-bond donors (Lipinski definition) is 1. The van der Waals surface area contributed by atoms with E-state index in [2.05, 4.69) is 15.0 Å². The van der Waals surface area contributed by atoms with Gasteiger partial charge in [-0.2, -0.15) is 0 Å². The molecule has 88 valence electrons. The predicted molar refractivity (Wildman–Crippen MR) is 62.0 cm³/mol. The zero-order chi connectivity index (χ0) is 12.3. The van der Waals surface area contributed by atoms with Crippen molar-refractivity contribution in [3.63, 3.8) is 0 Å². The monoisotopic (exact) mass is 250 g/mol. The average Bonchev–Trinajstić information content (AvgIpc) is 2.96. The molecule has 0 spiro atoms. The van der Waals surface area contributed by atoms with Crippen molar-refractivity contribution in [3.05, 3.63) is 39.9 Å². The van der Waals surface area contributed by atoms with Crippen LogP contribution in [0.3, 0.4) is 0 Å². The summed E-state index contributed by atoms with van der Waals surface area (Å²) in [5, 5.41) is 8.02. The first-order chi connectivity index (χ1) is 8.16. The highest BCUT2D eigenvalue weighted by molar-refractivity contribution is 7.12. The lowest BCUT2D eigenvalue weighted by molar-refractivity contribution is 0.0950. The molecule has 0 radical (unpaired) electrons. The van der Waals surface area contributed by atoms with Crippen LogP contribution in [0.2, 0.25) is 0 Å². The van der Waals surface area contributed by atoms with Crippen molar-refractivity contribution in [1.82, 2.24) is 10.5 Å². The SMILES string of the molecule is CC(=O)c1cc(C(=O)NCc2ccon2)cs1. The maximum atomic E-state index is 11.7. The minimum Gasteiger partial charge on any atom is -0.364 e. The van der Waals surface area contributed by atoms with Crippen LogP contribution >= 0.6 is 11.3 Å². The zero-order valence-electron chi connectivity index (χ0n) is 9.10. The second-order valence-corrected chi connectivity index (χ2v) is 4.34. The number of hydrogen-bond acceptors (Lipinski definition) is 5. The first-order valence-corrected chi connectivity index (χ1v) is 5.81. The van der Waals surface area contributed by atoms with E-state index in [0.29, 0.717) is 22.7 Å². The van der Waals surface area contributed by atoms with Crippen molar-refractivity contribution >= 4 is 23.0 Å². The molecule has 2 heterocycles. The van der Waals surface area contributed by atoms with E-state index < -0.39 is 0 Å². The summed E-state index contributed by atoms with van der Waals surface area (Å²) < 4.78 is 4.64. The third-order valence-corrected chi connectivity index (χ3v) is 3.16. The number of amides is 1. The zero-order valence-corrected chi connectivity index (χ0v) is 9.91. The third-order valence-electron chi connectivity index (χ3n) is 2.13. The third kappa shape index (κ3) is 2.79. The van der Waals surface area contributed by atoms with Gasteiger partial charge in [0.1, 0.15) is 12.0 Å². The number of carbonyl (C=O) groups is 2. The molecule has 0 aromatic carbocycles. The Morgan fingerprint density at radius 2 is 2.35 bits per heavy atom. The van der Waals surface area contributed by atoms with Crippen LogP contribution in [0.5, 0.6) is 0 Å². The number of thiophene rings is 1. The van der Waals surface area contributed by atoms with Crippen molar-refractivity contribution in [3.8, 4) is 0 Å². The highest BCUT2D eigenvalue weighted by Gasteiger charge is 2.10. The summed E-state index contributed by atoms with van der Waals surface area (Å²) in [4.78, 5) is 23.4. The summed E-state index contributed by atoms with van der Waals surface area (Å²) in [6.45, 7) is 1.78. The lowest BCUT2D eigenvalue weighted by Gasteiger charge is -1.99. The van der Waals surface area contributed by atoms with Crippen LogP contribution in [0.15, 0.2) is 28.3 Å². The van der Waals surface area contributed by atoms with Gasteiger partial charge in [-0.15, -0.1) is 11.3 Å². The van der Waals surface area contributed by atoms with Gasteiger partial charge in [-0.05, 0) is 13.0 Å². The Bertz CT molecular complexity index is 531. The molecule has 1 amide bonds. The summed E-state index contributed by atoms with van der Waals surface area (Å²) >= 11 is 1.26. The molecule has 0 fully saturated rings. The van der Waals surface area contributed by atoms with E-state index >= 15 is 0 Å². The fraction of sp³-hybridized carbons (Fsp3) is 0.182.